The van der Waals surface area contributed by atoms with Crippen LogP contribution in [0.25, 0.3) is 0 Å². The van der Waals surface area contributed by atoms with Crippen LogP contribution in [0.3, 0.4) is 0 Å². The van der Waals surface area contributed by atoms with E-state index >= 15 is 0 Å². The molecule has 5 heteroatoms. The standard InChI is InChI=1S/C15H17NO2S2/c1-10(8-11-6-7-20-9-11)16-12-4-3-5-13(19-2)14(12)15(17)18/h3-7,9-10,16H,8H2,1-2H3,(H,17,18). The first-order valence-corrected chi connectivity index (χ1v) is 8.46. The molecular weight excluding hydrogens is 290 g/mol. The summed E-state index contributed by atoms with van der Waals surface area (Å²) in [6.07, 6.45) is 2.77. The minimum Gasteiger partial charge on any atom is -0.478 e. The number of nitrogens with one attached hydrogen (secondary N) is 1. The van der Waals surface area contributed by atoms with Gasteiger partial charge in [-0.15, -0.1) is 11.8 Å². The highest BCUT2D eigenvalue weighted by atomic mass is 32.2. The van der Waals surface area contributed by atoms with Crippen molar-refractivity contribution in [3.63, 3.8) is 0 Å². The number of thiophene rings is 1. The fraction of sp³-hybridized carbons (Fsp3) is 0.267. The lowest BCUT2D eigenvalue weighted by Crippen LogP contribution is -2.20. The molecule has 0 aliphatic rings. The average molecular weight is 307 g/mol. The van der Waals surface area contributed by atoms with Crippen molar-refractivity contribution in [3.8, 4) is 0 Å². The minimum atomic E-state index is -0.889. The number of rotatable bonds is 6. The van der Waals surface area contributed by atoms with Crippen LogP contribution >= 0.6 is 23.1 Å². The Kier molecular flexibility index (Phi) is 5.09. The third-order valence-corrected chi connectivity index (χ3v) is 4.50. The van der Waals surface area contributed by atoms with E-state index in [1.165, 1.54) is 17.3 Å². The lowest BCUT2D eigenvalue weighted by molar-refractivity contribution is 0.0694. The van der Waals surface area contributed by atoms with Crippen LogP contribution in [-0.2, 0) is 6.42 Å². The molecule has 1 atom stereocenters. The van der Waals surface area contributed by atoms with Crippen molar-refractivity contribution < 1.29 is 9.90 Å². The lowest BCUT2D eigenvalue weighted by atomic mass is 10.1. The Morgan fingerprint density at radius 3 is 2.85 bits per heavy atom. The molecular formula is C15H17NO2S2. The maximum Gasteiger partial charge on any atom is 0.338 e. The second kappa shape index (κ2) is 6.81. The maximum absolute atomic E-state index is 11.4. The van der Waals surface area contributed by atoms with E-state index in [9.17, 15) is 9.90 Å². The van der Waals surface area contributed by atoms with Gasteiger partial charge in [-0.05, 0) is 54.1 Å². The van der Waals surface area contributed by atoms with Crippen LogP contribution in [-0.4, -0.2) is 23.4 Å². The molecule has 1 aromatic carbocycles. The van der Waals surface area contributed by atoms with Crippen molar-refractivity contribution in [1.82, 2.24) is 0 Å². The van der Waals surface area contributed by atoms with Crippen molar-refractivity contribution in [1.29, 1.82) is 0 Å². The van der Waals surface area contributed by atoms with Gasteiger partial charge >= 0.3 is 5.97 Å². The van der Waals surface area contributed by atoms with Crippen LogP contribution < -0.4 is 5.32 Å². The number of carbonyl (C=O) groups is 1. The van der Waals surface area contributed by atoms with Gasteiger partial charge in [0.1, 0.15) is 0 Å². The van der Waals surface area contributed by atoms with Gasteiger partial charge in [0, 0.05) is 10.9 Å². The molecule has 1 heterocycles. The number of carboxylic acid groups (broad SMARTS) is 1. The van der Waals surface area contributed by atoms with Gasteiger partial charge in [-0.2, -0.15) is 11.3 Å². The van der Waals surface area contributed by atoms with Crippen molar-refractivity contribution >= 4 is 34.8 Å². The number of hydrogen-bond acceptors (Lipinski definition) is 4. The molecule has 0 saturated carbocycles. The van der Waals surface area contributed by atoms with Crippen molar-refractivity contribution in [2.75, 3.05) is 11.6 Å². The van der Waals surface area contributed by atoms with Crippen LogP contribution in [0.1, 0.15) is 22.8 Å². The molecule has 0 fully saturated rings. The second-order valence-corrected chi connectivity index (χ2v) is 6.20. The van der Waals surface area contributed by atoms with Gasteiger partial charge in [-0.25, -0.2) is 4.79 Å². The molecule has 0 radical (unpaired) electrons. The zero-order chi connectivity index (χ0) is 14.5. The summed E-state index contributed by atoms with van der Waals surface area (Å²) in [4.78, 5) is 12.2. The quantitative estimate of drug-likeness (QED) is 0.785. The topological polar surface area (TPSA) is 49.3 Å². The number of aromatic carboxylic acids is 1. The first kappa shape index (κ1) is 14.9. The molecule has 106 valence electrons. The van der Waals surface area contributed by atoms with E-state index in [1.807, 2.05) is 24.5 Å². The Balaban J connectivity index is 2.18. The molecule has 0 aliphatic carbocycles. The molecule has 1 aromatic heterocycles. The lowest BCUT2D eigenvalue weighted by Gasteiger charge is -2.17. The molecule has 3 nitrogen and oxygen atoms in total. The van der Waals surface area contributed by atoms with Gasteiger partial charge < -0.3 is 10.4 Å². The average Bonchev–Trinajstić information content (AvgIpc) is 2.90. The molecule has 0 bridgehead atoms. The first-order chi connectivity index (χ1) is 9.61. The summed E-state index contributed by atoms with van der Waals surface area (Å²) in [7, 11) is 0. The van der Waals surface area contributed by atoms with Gasteiger partial charge in [-0.3, -0.25) is 0 Å². The Labute approximate surface area is 127 Å². The molecule has 1 unspecified atom stereocenters. The fourth-order valence-corrected chi connectivity index (χ4v) is 3.42. The summed E-state index contributed by atoms with van der Waals surface area (Å²) in [6.45, 7) is 2.06. The van der Waals surface area contributed by atoms with Crippen LogP contribution in [0, 0.1) is 0 Å². The smallest absolute Gasteiger partial charge is 0.338 e. The SMILES string of the molecule is CSc1cccc(NC(C)Cc2ccsc2)c1C(=O)O. The molecule has 2 N–H and O–H groups in total. The second-order valence-electron chi connectivity index (χ2n) is 4.57. The van der Waals surface area contributed by atoms with Crippen molar-refractivity contribution in [3.05, 3.63) is 46.2 Å². The number of hydrogen-bond donors (Lipinski definition) is 2. The summed E-state index contributed by atoms with van der Waals surface area (Å²) < 4.78 is 0. The minimum absolute atomic E-state index is 0.180. The van der Waals surface area contributed by atoms with Crippen molar-refractivity contribution in [2.45, 2.75) is 24.3 Å². The zero-order valence-corrected chi connectivity index (χ0v) is 13.1. The van der Waals surface area contributed by atoms with E-state index in [0.29, 0.717) is 11.3 Å². The van der Waals surface area contributed by atoms with Gasteiger partial charge in [-0.1, -0.05) is 6.07 Å². The van der Waals surface area contributed by atoms with E-state index in [0.717, 1.165) is 11.3 Å². The zero-order valence-electron chi connectivity index (χ0n) is 11.4. The molecule has 2 rings (SSSR count). The van der Waals surface area contributed by atoms with Gasteiger partial charge in [0.2, 0.25) is 0 Å². The number of carboxylic acids is 1. The van der Waals surface area contributed by atoms with Crippen LogP contribution in [0.2, 0.25) is 0 Å². The Morgan fingerprint density at radius 2 is 2.25 bits per heavy atom. The summed E-state index contributed by atoms with van der Waals surface area (Å²) in [5, 5.41) is 16.9. The summed E-state index contributed by atoms with van der Waals surface area (Å²) in [5.74, 6) is -0.889. The summed E-state index contributed by atoms with van der Waals surface area (Å²) >= 11 is 3.13. The maximum atomic E-state index is 11.4. The van der Waals surface area contributed by atoms with Crippen LogP contribution in [0.15, 0.2) is 39.9 Å². The van der Waals surface area contributed by atoms with E-state index in [1.54, 1.807) is 11.3 Å². The van der Waals surface area contributed by atoms with E-state index in [-0.39, 0.29) is 6.04 Å². The highest BCUT2D eigenvalue weighted by molar-refractivity contribution is 7.98. The Hall–Kier alpha value is -1.46. The van der Waals surface area contributed by atoms with E-state index in [2.05, 4.69) is 29.1 Å². The van der Waals surface area contributed by atoms with Crippen LogP contribution in [0.5, 0.6) is 0 Å². The number of benzene rings is 1. The molecule has 0 spiro atoms. The van der Waals surface area contributed by atoms with Gasteiger partial charge in [0.15, 0.2) is 0 Å². The largest absolute Gasteiger partial charge is 0.478 e. The first-order valence-electron chi connectivity index (χ1n) is 6.29. The fourth-order valence-electron chi connectivity index (χ4n) is 2.12. The predicted octanol–water partition coefficient (Wildman–Crippen LogP) is 4.21. The van der Waals surface area contributed by atoms with Gasteiger partial charge in [0.25, 0.3) is 0 Å². The number of thioether (sulfide) groups is 1. The molecule has 20 heavy (non-hydrogen) atoms. The number of anilines is 1. The van der Waals surface area contributed by atoms with Crippen molar-refractivity contribution in [2.24, 2.45) is 0 Å². The monoisotopic (exact) mass is 307 g/mol. The summed E-state index contributed by atoms with van der Waals surface area (Å²) in [5.41, 5.74) is 2.32. The Bertz CT molecular complexity index is 582. The predicted molar refractivity (Wildman–Crippen MR) is 86.3 cm³/mol. The normalized spacial score (nSPS) is 12.1. The van der Waals surface area contributed by atoms with E-state index < -0.39 is 5.97 Å². The summed E-state index contributed by atoms with van der Waals surface area (Å²) in [6, 6.07) is 7.83. The molecule has 0 saturated heterocycles. The highest BCUT2D eigenvalue weighted by Crippen LogP contribution is 2.28. The van der Waals surface area contributed by atoms with E-state index in [4.69, 9.17) is 0 Å². The molecule has 0 amide bonds. The highest BCUT2D eigenvalue weighted by Gasteiger charge is 2.16. The van der Waals surface area contributed by atoms with Crippen LogP contribution in [0.4, 0.5) is 5.69 Å². The Morgan fingerprint density at radius 1 is 1.45 bits per heavy atom. The van der Waals surface area contributed by atoms with Gasteiger partial charge in [0.05, 0.1) is 11.3 Å². The molecule has 2 aromatic rings. The third-order valence-electron chi connectivity index (χ3n) is 2.98. The molecule has 0 aliphatic heterocycles. The third kappa shape index (κ3) is 3.55.